The molecule has 0 saturated carbocycles. The number of hydrogen-bond donors (Lipinski definition) is 2. The van der Waals surface area contributed by atoms with Crippen molar-refractivity contribution in [1.82, 2.24) is 0 Å². The number of thioether (sulfide) groups is 1. The van der Waals surface area contributed by atoms with Crippen LogP contribution >= 0.6 is 11.8 Å². The maximum absolute atomic E-state index is 10.2. The number of aliphatic carboxylic acids is 1. The van der Waals surface area contributed by atoms with Crippen LogP contribution in [0.2, 0.25) is 0 Å². The Morgan fingerprint density at radius 2 is 2.45 bits per heavy atom. The Morgan fingerprint density at radius 1 is 1.82 bits per heavy atom. The monoisotopic (exact) mass is 175 g/mol. The summed E-state index contributed by atoms with van der Waals surface area (Å²) in [5.41, 5.74) is 5.26. The normalized spacial score (nSPS) is 13.6. The van der Waals surface area contributed by atoms with Gasteiger partial charge in [-0.1, -0.05) is 6.08 Å². The Hall–Kier alpha value is -0.480. The second kappa shape index (κ2) is 6.24. The molecule has 3 nitrogen and oxygen atoms in total. The molecule has 0 aromatic heterocycles. The molecule has 0 saturated heterocycles. The van der Waals surface area contributed by atoms with E-state index in [-0.39, 0.29) is 0 Å². The van der Waals surface area contributed by atoms with Crippen molar-refractivity contribution in [3.05, 3.63) is 11.5 Å². The van der Waals surface area contributed by atoms with Crippen molar-refractivity contribution in [2.75, 3.05) is 5.75 Å². The SMILES string of the molecule is CC=CSCC[C@H](N)C(=O)O. The van der Waals surface area contributed by atoms with E-state index < -0.39 is 12.0 Å². The molecule has 0 aliphatic rings. The van der Waals surface area contributed by atoms with Crippen molar-refractivity contribution < 1.29 is 9.90 Å². The number of nitrogens with two attached hydrogens (primary N) is 1. The van der Waals surface area contributed by atoms with E-state index in [9.17, 15) is 4.79 Å². The number of carboxylic acid groups (broad SMARTS) is 1. The van der Waals surface area contributed by atoms with Gasteiger partial charge in [0.1, 0.15) is 6.04 Å². The van der Waals surface area contributed by atoms with Gasteiger partial charge in [0.25, 0.3) is 0 Å². The number of rotatable bonds is 5. The molecule has 3 N–H and O–H groups in total. The molecule has 1 atom stereocenters. The van der Waals surface area contributed by atoms with Crippen LogP contribution in [-0.2, 0) is 4.79 Å². The lowest BCUT2D eigenvalue weighted by Crippen LogP contribution is -2.30. The standard InChI is InChI=1S/C7H13NO2S/c1-2-4-11-5-3-6(8)7(9)10/h2,4,6H,3,5,8H2,1H3,(H,9,10)/t6-/m0/s1. The second-order valence-electron chi connectivity index (χ2n) is 2.07. The quantitative estimate of drug-likeness (QED) is 0.613. The van der Waals surface area contributed by atoms with Crippen LogP contribution < -0.4 is 5.73 Å². The highest BCUT2D eigenvalue weighted by Crippen LogP contribution is 2.05. The average molecular weight is 175 g/mol. The molecule has 0 aromatic rings. The Balaban J connectivity index is 3.31. The van der Waals surface area contributed by atoms with Crippen LogP contribution in [0.1, 0.15) is 13.3 Å². The first-order valence-corrected chi connectivity index (χ1v) is 4.44. The van der Waals surface area contributed by atoms with E-state index in [1.165, 1.54) is 0 Å². The van der Waals surface area contributed by atoms with Gasteiger partial charge in [-0.25, -0.2) is 0 Å². The molecule has 64 valence electrons. The van der Waals surface area contributed by atoms with Gasteiger partial charge in [0.2, 0.25) is 0 Å². The van der Waals surface area contributed by atoms with Gasteiger partial charge in [0.05, 0.1) is 0 Å². The molecule has 0 unspecified atom stereocenters. The molecule has 0 spiro atoms. The van der Waals surface area contributed by atoms with Crippen LogP contribution in [0.15, 0.2) is 11.5 Å². The second-order valence-corrected chi connectivity index (χ2v) is 3.09. The van der Waals surface area contributed by atoms with Crippen LogP contribution in [0.5, 0.6) is 0 Å². The van der Waals surface area contributed by atoms with Gasteiger partial charge in [-0.2, -0.15) is 0 Å². The van der Waals surface area contributed by atoms with Gasteiger partial charge in [0, 0.05) is 0 Å². The van der Waals surface area contributed by atoms with Gasteiger partial charge in [-0.15, -0.1) is 11.8 Å². The fourth-order valence-electron chi connectivity index (χ4n) is 0.483. The van der Waals surface area contributed by atoms with Crippen molar-refractivity contribution in [2.45, 2.75) is 19.4 Å². The van der Waals surface area contributed by atoms with Crippen molar-refractivity contribution in [3.63, 3.8) is 0 Å². The fraction of sp³-hybridized carbons (Fsp3) is 0.571. The first-order valence-electron chi connectivity index (χ1n) is 3.39. The summed E-state index contributed by atoms with van der Waals surface area (Å²) in [4.78, 5) is 10.2. The molecule has 0 aromatic carbocycles. The molecule has 0 fully saturated rings. The lowest BCUT2D eigenvalue weighted by Gasteiger charge is -2.02. The zero-order chi connectivity index (χ0) is 8.69. The third kappa shape index (κ3) is 5.94. The van der Waals surface area contributed by atoms with E-state index in [0.717, 1.165) is 5.75 Å². The van der Waals surface area contributed by atoms with Gasteiger partial charge in [-0.3, -0.25) is 4.79 Å². The van der Waals surface area contributed by atoms with E-state index in [1.807, 2.05) is 18.4 Å². The average Bonchev–Trinajstić information content (AvgIpc) is 1.97. The van der Waals surface area contributed by atoms with E-state index in [1.54, 1.807) is 11.8 Å². The lowest BCUT2D eigenvalue weighted by atomic mass is 10.2. The van der Waals surface area contributed by atoms with Crippen molar-refractivity contribution >= 4 is 17.7 Å². The van der Waals surface area contributed by atoms with Gasteiger partial charge in [-0.05, 0) is 24.5 Å². The Kier molecular flexibility index (Phi) is 5.97. The summed E-state index contributed by atoms with van der Waals surface area (Å²) in [6, 6.07) is -0.715. The Labute approximate surface area is 70.7 Å². The van der Waals surface area contributed by atoms with Gasteiger partial charge >= 0.3 is 5.97 Å². The molecule has 0 amide bonds. The molecule has 4 heteroatoms. The molecule has 0 aliphatic heterocycles. The summed E-state index contributed by atoms with van der Waals surface area (Å²) in [7, 11) is 0. The first kappa shape index (κ1) is 10.5. The summed E-state index contributed by atoms with van der Waals surface area (Å²) in [6.45, 7) is 1.92. The molecule has 11 heavy (non-hydrogen) atoms. The van der Waals surface area contributed by atoms with Crippen molar-refractivity contribution in [1.29, 1.82) is 0 Å². The third-order valence-corrected chi connectivity index (χ3v) is 2.03. The zero-order valence-corrected chi connectivity index (χ0v) is 7.30. The molecule has 0 aliphatic carbocycles. The number of allylic oxidation sites excluding steroid dienone is 1. The fourth-order valence-corrected chi connectivity index (χ4v) is 1.20. The topological polar surface area (TPSA) is 63.3 Å². The highest BCUT2D eigenvalue weighted by molar-refractivity contribution is 8.02. The maximum atomic E-state index is 10.2. The Morgan fingerprint density at radius 3 is 2.91 bits per heavy atom. The summed E-state index contributed by atoms with van der Waals surface area (Å²) in [5.74, 6) is -0.163. The number of carboxylic acids is 1. The highest BCUT2D eigenvalue weighted by Gasteiger charge is 2.09. The molecular formula is C7H13NO2S. The predicted octanol–water partition coefficient (Wildman–Crippen LogP) is 1.06. The van der Waals surface area contributed by atoms with E-state index in [4.69, 9.17) is 10.8 Å². The van der Waals surface area contributed by atoms with Gasteiger partial charge < -0.3 is 10.8 Å². The largest absolute Gasteiger partial charge is 0.480 e. The molecule has 0 bridgehead atoms. The first-order chi connectivity index (χ1) is 5.18. The van der Waals surface area contributed by atoms with Crippen LogP contribution in [0.4, 0.5) is 0 Å². The van der Waals surface area contributed by atoms with E-state index >= 15 is 0 Å². The third-order valence-electron chi connectivity index (χ3n) is 1.10. The van der Waals surface area contributed by atoms with E-state index in [0.29, 0.717) is 6.42 Å². The lowest BCUT2D eigenvalue weighted by molar-refractivity contribution is -0.138. The zero-order valence-electron chi connectivity index (χ0n) is 6.49. The van der Waals surface area contributed by atoms with Crippen LogP contribution in [0.3, 0.4) is 0 Å². The number of carbonyl (C=O) groups is 1. The summed E-state index contributed by atoms with van der Waals surface area (Å²) < 4.78 is 0. The smallest absolute Gasteiger partial charge is 0.320 e. The van der Waals surface area contributed by atoms with Gasteiger partial charge in [0.15, 0.2) is 0 Å². The molecule has 0 rings (SSSR count). The van der Waals surface area contributed by atoms with E-state index in [2.05, 4.69) is 0 Å². The van der Waals surface area contributed by atoms with Crippen molar-refractivity contribution in [2.24, 2.45) is 5.73 Å². The summed E-state index contributed by atoms with van der Waals surface area (Å²) in [6.07, 6.45) is 2.43. The Bertz CT molecular complexity index is 147. The minimum absolute atomic E-state index is 0.518. The minimum Gasteiger partial charge on any atom is -0.480 e. The van der Waals surface area contributed by atoms with Crippen LogP contribution in [-0.4, -0.2) is 22.9 Å². The summed E-state index contributed by atoms with van der Waals surface area (Å²) >= 11 is 1.58. The number of hydrogen-bond acceptors (Lipinski definition) is 3. The maximum Gasteiger partial charge on any atom is 0.320 e. The molecule has 0 radical (unpaired) electrons. The van der Waals surface area contributed by atoms with Crippen LogP contribution in [0, 0.1) is 0 Å². The summed E-state index contributed by atoms with van der Waals surface area (Å²) in [5, 5.41) is 10.3. The highest BCUT2D eigenvalue weighted by atomic mass is 32.2. The van der Waals surface area contributed by atoms with Crippen molar-refractivity contribution in [3.8, 4) is 0 Å². The van der Waals surface area contributed by atoms with Crippen LogP contribution in [0.25, 0.3) is 0 Å². The minimum atomic E-state index is -0.925. The molecular weight excluding hydrogens is 162 g/mol. The molecule has 0 heterocycles. The predicted molar refractivity (Wildman–Crippen MR) is 47.5 cm³/mol.